The molecule has 0 atom stereocenters. The predicted octanol–water partition coefficient (Wildman–Crippen LogP) is 2.72. The number of nitrogens with zero attached hydrogens (tertiary/aromatic N) is 3. The van der Waals surface area contributed by atoms with Crippen molar-refractivity contribution in [3.05, 3.63) is 40.6 Å². The molecule has 0 aliphatic carbocycles. The molecule has 6 nitrogen and oxygen atoms in total. The summed E-state index contributed by atoms with van der Waals surface area (Å²) in [4.78, 5) is 24.9. The van der Waals surface area contributed by atoms with Gasteiger partial charge in [0.05, 0.1) is 5.69 Å². The minimum Gasteiger partial charge on any atom is -0.323 e. The largest absolute Gasteiger partial charge is 0.346 e. The van der Waals surface area contributed by atoms with E-state index in [2.05, 4.69) is 10.4 Å². The molecule has 134 valence electrons. The van der Waals surface area contributed by atoms with E-state index in [1.54, 1.807) is 22.8 Å². The van der Waals surface area contributed by atoms with Crippen LogP contribution in [0.1, 0.15) is 25.1 Å². The molecule has 0 saturated carbocycles. The van der Waals surface area contributed by atoms with Crippen molar-refractivity contribution in [2.45, 2.75) is 49.4 Å². The molecule has 2 heterocycles. The van der Waals surface area contributed by atoms with E-state index in [0.29, 0.717) is 29.8 Å². The topological polar surface area (TPSA) is 68.9 Å². The first-order chi connectivity index (χ1) is 12.0. The number of thioether (sulfide) groups is 1. The van der Waals surface area contributed by atoms with Crippen molar-refractivity contribution in [1.82, 2.24) is 14.3 Å². The maximum absolute atomic E-state index is 12.6. The lowest BCUT2D eigenvalue weighted by Gasteiger charge is -2.10. The van der Waals surface area contributed by atoms with E-state index in [-0.39, 0.29) is 17.1 Å². The number of hydrogen-bond donors (Lipinski definition) is 1. The molecule has 1 aromatic carbocycles. The van der Waals surface area contributed by atoms with Crippen LogP contribution >= 0.6 is 11.8 Å². The zero-order valence-electron chi connectivity index (χ0n) is 13.5. The number of fused-ring (bicyclic) bond motifs is 1. The fourth-order valence-electron chi connectivity index (χ4n) is 2.82. The summed E-state index contributed by atoms with van der Waals surface area (Å²) in [6.07, 6.45) is 3.67. The molecular weight excluding hydrogens is 350 g/mol. The van der Waals surface area contributed by atoms with Crippen LogP contribution in [0.2, 0.25) is 0 Å². The molecule has 0 radical (unpaired) electrons. The third-order valence-electron chi connectivity index (χ3n) is 3.95. The van der Waals surface area contributed by atoms with Gasteiger partial charge < -0.3 is 5.32 Å². The van der Waals surface area contributed by atoms with Crippen LogP contribution in [0.5, 0.6) is 0 Å². The molecule has 1 aromatic heterocycles. The minimum absolute atomic E-state index is 0.244. The van der Waals surface area contributed by atoms with Crippen molar-refractivity contribution < 1.29 is 13.6 Å². The highest BCUT2D eigenvalue weighted by molar-refractivity contribution is 7.99. The molecule has 1 aliphatic heterocycles. The molecule has 0 spiro atoms. The minimum atomic E-state index is -2.58. The van der Waals surface area contributed by atoms with Gasteiger partial charge >= 0.3 is 5.69 Å². The fraction of sp³-hybridized carbons (Fsp3) is 0.438. The highest BCUT2D eigenvalue weighted by atomic mass is 32.2. The van der Waals surface area contributed by atoms with Crippen LogP contribution < -0.4 is 11.0 Å². The number of hydrogen-bond acceptors (Lipinski definition) is 4. The van der Waals surface area contributed by atoms with Gasteiger partial charge in [-0.15, -0.1) is 0 Å². The number of rotatable bonds is 5. The lowest BCUT2D eigenvalue weighted by molar-refractivity contribution is -0.117. The Morgan fingerprint density at radius 2 is 2.08 bits per heavy atom. The Hall–Kier alpha value is -2.16. The van der Waals surface area contributed by atoms with Gasteiger partial charge in [0.15, 0.2) is 0 Å². The van der Waals surface area contributed by atoms with Gasteiger partial charge in [0, 0.05) is 17.9 Å². The second-order valence-electron chi connectivity index (χ2n) is 5.74. The molecule has 0 fully saturated rings. The maximum atomic E-state index is 12.6. The summed E-state index contributed by atoms with van der Waals surface area (Å²) in [5, 5.41) is 6.83. The van der Waals surface area contributed by atoms with Crippen molar-refractivity contribution in [3.8, 4) is 0 Å². The first kappa shape index (κ1) is 17.7. The van der Waals surface area contributed by atoms with Crippen molar-refractivity contribution in [3.63, 3.8) is 0 Å². The Labute approximate surface area is 147 Å². The van der Waals surface area contributed by atoms with Gasteiger partial charge in [-0.1, -0.05) is 30.3 Å². The summed E-state index contributed by atoms with van der Waals surface area (Å²) in [5.74, 6) is -2.36. The predicted molar refractivity (Wildman–Crippen MR) is 91.0 cm³/mol. The Balaban J connectivity index is 1.73. The average Bonchev–Trinajstić information content (AvgIpc) is 2.74. The van der Waals surface area contributed by atoms with Gasteiger partial charge in [-0.2, -0.15) is 13.9 Å². The van der Waals surface area contributed by atoms with Crippen LogP contribution in [-0.4, -0.2) is 26.0 Å². The molecule has 0 bridgehead atoms. The van der Waals surface area contributed by atoms with E-state index >= 15 is 0 Å². The molecule has 3 rings (SSSR count). The summed E-state index contributed by atoms with van der Waals surface area (Å²) in [7, 11) is 0. The Morgan fingerprint density at radius 3 is 2.88 bits per heavy atom. The van der Waals surface area contributed by atoms with Crippen molar-refractivity contribution >= 4 is 23.4 Å². The SMILES string of the molecule is O=C(Cn1nc2n(c1=O)CCCCC2)Nc1ccccc1SC(F)F. The third-order valence-corrected chi connectivity index (χ3v) is 4.74. The van der Waals surface area contributed by atoms with Crippen molar-refractivity contribution in [2.24, 2.45) is 0 Å². The van der Waals surface area contributed by atoms with Gasteiger partial charge in [-0.3, -0.25) is 9.36 Å². The number of para-hydroxylation sites is 1. The smallest absolute Gasteiger partial charge is 0.323 e. The van der Waals surface area contributed by atoms with E-state index in [1.807, 2.05) is 0 Å². The molecule has 0 saturated heterocycles. The number of aryl methyl sites for hydroxylation is 1. The summed E-state index contributed by atoms with van der Waals surface area (Å²) < 4.78 is 27.9. The number of benzene rings is 1. The second-order valence-corrected chi connectivity index (χ2v) is 6.77. The number of halogens is 2. The summed E-state index contributed by atoms with van der Waals surface area (Å²) in [5.41, 5.74) is -0.00564. The van der Waals surface area contributed by atoms with Crippen LogP contribution in [0.4, 0.5) is 14.5 Å². The zero-order valence-corrected chi connectivity index (χ0v) is 14.3. The lowest BCUT2D eigenvalue weighted by atomic mass is 10.2. The highest BCUT2D eigenvalue weighted by Crippen LogP contribution is 2.31. The van der Waals surface area contributed by atoms with Gasteiger partial charge in [0.2, 0.25) is 5.91 Å². The van der Waals surface area contributed by atoms with Crippen molar-refractivity contribution in [1.29, 1.82) is 0 Å². The molecule has 9 heteroatoms. The first-order valence-electron chi connectivity index (χ1n) is 8.05. The molecule has 25 heavy (non-hydrogen) atoms. The van der Waals surface area contributed by atoms with Crippen LogP contribution in [0.15, 0.2) is 34.0 Å². The van der Waals surface area contributed by atoms with Crippen molar-refractivity contribution in [2.75, 3.05) is 5.32 Å². The van der Waals surface area contributed by atoms with E-state index in [4.69, 9.17) is 0 Å². The van der Waals surface area contributed by atoms with Crippen LogP contribution in [0.25, 0.3) is 0 Å². The van der Waals surface area contributed by atoms with Crippen LogP contribution in [0.3, 0.4) is 0 Å². The Morgan fingerprint density at radius 1 is 1.28 bits per heavy atom. The molecule has 1 aliphatic rings. The van der Waals surface area contributed by atoms with Crippen LogP contribution in [-0.2, 0) is 24.3 Å². The Kier molecular flexibility index (Phi) is 5.52. The lowest BCUT2D eigenvalue weighted by Crippen LogP contribution is -2.30. The summed E-state index contributed by atoms with van der Waals surface area (Å²) in [6, 6.07) is 6.33. The van der Waals surface area contributed by atoms with Gasteiger partial charge in [0.25, 0.3) is 5.76 Å². The third kappa shape index (κ3) is 4.28. The van der Waals surface area contributed by atoms with Gasteiger partial charge in [-0.05, 0) is 25.0 Å². The van der Waals surface area contributed by atoms with E-state index in [1.165, 1.54) is 6.07 Å². The molecule has 2 aromatic rings. The number of amides is 1. The van der Waals surface area contributed by atoms with Gasteiger partial charge in [-0.25, -0.2) is 9.48 Å². The highest BCUT2D eigenvalue weighted by Gasteiger charge is 2.18. The number of aromatic nitrogens is 3. The fourth-order valence-corrected chi connectivity index (χ4v) is 3.42. The normalized spacial score (nSPS) is 14.2. The molecule has 0 unspecified atom stereocenters. The summed E-state index contributed by atoms with van der Waals surface area (Å²) >= 11 is 0.365. The zero-order chi connectivity index (χ0) is 17.8. The number of carbonyl (C=O) groups excluding carboxylic acids is 1. The summed E-state index contributed by atoms with van der Waals surface area (Å²) in [6.45, 7) is 0.371. The Bertz CT molecular complexity index is 819. The average molecular weight is 368 g/mol. The number of anilines is 1. The monoisotopic (exact) mass is 368 g/mol. The first-order valence-corrected chi connectivity index (χ1v) is 8.93. The van der Waals surface area contributed by atoms with Gasteiger partial charge in [0.1, 0.15) is 12.4 Å². The number of carbonyl (C=O) groups is 1. The second kappa shape index (κ2) is 7.81. The molecule has 1 amide bonds. The number of alkyl halides is 2. The molecular formula is C16H18F2N4O2S. The maximum Gasteiger partial charge on any atom is 0.346 e. The standard InChI is InChI=1S/C16H18F2N4O2S/c17-15(18)25-12-7-4-3-6-11(12)19-14(23)10-22-16(24)21-9-5-1-2-8-13(21)20-22/h3-4,6-7,15H,1-2,5,8-10H2,(H,19,23). The van der Waals surface area contributed by atoms with E-state index in [9.17, 15) is 18.4 Å². The van der Waals surface area contributed by atoms with E-state index in [0.717, 1.165) is 30.4 Å². The van der Waals surface area contributed by atoms with Crippen LogP contribution in [0, 0.1) is 0 Å². The number of nitrogens with one attached hydrogen (secondary N) is 1. The van der Waals surface area contributed by atoms with E-state index < -0.39 is 11.7 Å². The quantitative estimate of drug-likeness (QED) is 0.824. The molecule has 1 N–H and O–H groups in total.